The van der Waals surface area contributed by atoms with Gasteiger partial charge in [0.25, 0.3) is 0 Å². The van der Waals surface area contributed by atoms with Gasteiger partial charge < -0.3 is 19.6 Å². The van der Waals surface area contributed by atoms with E-state index in [4.69, 9.17) is 19.6 Å². The Labute approximate surface area is 117 Å². The summed E-state index contributed by atoms with van der Waals surface area (Å²) >= 11 is 0. The highest BCUT2D eigenvalue weighted by atomic mass is 28.2. The molecule has 2 N–H and O–H groups in total. The molecule has 0 radical (unpaired) electrons. The van der Waals surface area contributed by atoms with Gasteiger partial charge in [0.2, 0.25) is 0 Å². The molecule has 0 aliphatic rings. The molecule has 0 aliphatic heterocycles. The zero-order valence-electron chi connectivity index (χ0n) is 12.3. The lowest BCUT2D eigenvalue weighted by Gasteiger charge is -2.27. The van der Waals surface area contributed by atoms with E-state index < -0.39 is 22.0 Å². The molecular weight excluding hydrogens is 264 g/mol. The van der Waals surface area contributed by atoms with Gasteiger partial charge in [-0.05, 0) is 12.8 Å². The van der Waals surface area contributed by atoms with Gasteiger partial charge in [-0.1, -0.05) is 43.5 Å². The van der Waals surface area contributed by atoms with E-state index in [9.17, 15) is 0 Å². The largest absolute Gasteiger partial charge is 0.413 e. The van der Waals surface area contributed by atoms with Crippen molar-refractivity contribution in [3.63, 3.8) is 0 Å². The first-order valence-corrected chi connectivity index (χ1v) is 8.75. The number of hydrogen-bond donors (Lipinski definition) is 2. The van der Waals surface area contributed by atoms with E-state index in [0.29, 0.717) is 24.3 Å². The lowest BCUT2D eigenvalue weighted by Crippen LogP contribution is -2.43. The summed E-state index contributed by atoms with van der Waals surface area (Å²) < 4.78 is 11.2. The van der Waals surface area contributed by atoms with Gasteiger partial charge in [0.15, 0.2) is 9.76 Å². The van der Waals surface area contributed by atoms with Crippen LogP contribution in [0.5, 0.6) is 0 Å². The maximum absolute atomic E-state index is 9.15. The molecule has 0 aromatic heterocycles. The van der Waals surface area contributed by atoms with Crippen LogP contribution >= 0.6 is 0 Å². The molecule has 0 amide bonds. The first-order valence-electron chi connectivity index (χ1n) is 6.75. The van der Waals surface area contributed by atoms with Crippen LogP contribution in [0.4, 0.5) is 0 Å². The number of oxime groups is 2. The fraction of sp³-hybridized carbons (Fsp3) is 0.833. The summed E-state index contributed by atoms with van der Waals surface area (Å²) in [7, 11) is 0.825. The van der Waals surface area contributed by atoms with Crippen LogP contribution in [0.25, 0.3) is 0 Å². The quantitative estimate of drug-likeness (QED) is 0.278. The number of nitrogens with zero attached hydrogens (tertiary/aromatic N) is 2. The topological polar surface area (TPSA) is 83.6 Å². The molecule has 112 valence electrons. The Balaban J connectivity index is 5.18. The molecule has 0 spiro atoms. The van der Waals surface area contributed by atoms with Gasteiger partial charge in [0.05, 0.1) is 11.4 Å². The van der Waals surface area contributed by atoms with Gasteiger partial charge in [-0.15, -0.1) is 0 Å². The van der Waals surface area contributed by atoms with Crippen molar-refractivity contribution in [2.45, 2.75) is 58.3 Å². The molecule has 0 bridgehead atoms. The molecular formula is C12H26N2O4Si. The number of hydrogen-bond acceptors (Lipinski definition) is 6. The van der Waals surface area contributed by atoms with Gasteiger partial charge in [-0.3, -0.25) is 0 Å². The normalized spacial score (nSPS) is 17.1. The molecule has 0 aromatic rings. The van der Waals surface area contributed by atoms with Crippen molar-refractivity contribution < 1.29 is 19.6 Å². The maximum Gasteiger partial charge on any atom is 0.159 e. The van der Waals surface area contributed by atoms with Crippen molar-refractivity contribution >= 4 is 21.2 Å². The Morgan fingerprint density at radius 1 is 1.05 bits per heavy atom. The van der Waals surface area contributed by atoms with Crippen LogP contribution in [0.2, 0.25) is 6.55 Å². The van der Waals surface area contributed by atoms with E-state index in [2.05, 4.69) is 10.3 Å². The average molecular weight is 290 g/mol. The molecule has 0 rings (SSSR count). The Morgan fingerprint density at radius 3 is 1.84 bits per heavy atom. The van der Waals surface area contributed by atoms with E-state index in [1.165, 1.54) is 0 Å². The zero-order chi connectivity index (χ0) is 14.7. The standard InChI is InChI=1S/C12H26N2O4Si/c1-5-7-9(13-15)11(17-3)12(18-19-4)10(14-16)8-6-2/h11-12,15-16H,5-8,19H2,1-4H3. The average Bonchev–Trinajstić information content (AvgIpc) is 2.43. The van der Waals surface area contributed by atoms with E-state index in [1.54, 1.807) is 7.11 Å². The van der Waals surface area contributed by atoms with Crippen LogP contribution in [-0.4, -0.2) is 50.9 Å². The Kier molecular flexibility index (Phi) is 10.4. The maximum atomic E-state index is 9.15. The molecule has 2 unspecified atom stereocenters. The van der Waals surface area contributed by atoms with Crippen LogP contribution in [0.3, 0.4) is 0 Å². The number of ether oxygens (including phenoxy) is 1. The minimum Gasteiger partial charge on any atom is -0.413 e. The highest BCUT2D eigenvalue weighted by molar-refractivity contribution is 6.25. The zero-order valence-corrected chi connectivity index (χ0v) is 13.7. The predicted octanol–water partition coefficient (Wildman–Crippen LogP) is 1.78. The van der Waals surface area contributed by atoms with Crippen LogP contribution in [-0.2, 0) is 9.16 Å². The third kappa shape index (κ3) is 5.71. The SMILES string of the molecule is CCCC(=NO)C(OC)C(O[SiH2]C)C(CCC)=NO. The summed E-state index contributed by atoms with van der Waals surface area (Å²) in [5, 5.41) is 24.9. The predicted molar refractivity (Wildman–Crippen MR) is 78.3 cm³/mol. The second-order valence-electron chi connectivity index (χ2n) is 4.21. The summed E-state index contributed by atoms with van der Waals surface area (Å²) in [4.78, 5) is 0. The van der Waals surface area contributed by atoms with Crippen molar-refractivity contribution in [1.82, 2.24) is 0 Å². The molecule has 0 fully saturated rings. The molecule has 19 heavy (non-hydrogen) atoms. The molecule has 2 atom stereocenters. The Hall–Kier alpha value is -0.923. The summed E-state index contributed by atoms with van der Waals surface area (Å²) in [6, 6.07) is 0. The highest BCUT2D eigenvalue weighted by Gasteiger charge is 2.31. The fourth-order valence-corrected chi connectivity index (χ4v) is 2.71. The minimum absolute atomic E-state index is 0.468. The number of methoxy groups -OCH3 is 1. The van der Waals surface area contributed by atoms with Gasteiger partial charge in [0, 0.05) is 7.11 Å². The fourth-order valence-electron chi connectivity index (χ4n) is 1.98. The van der Waals surface area contributed by atoms with Crippen molar-refractivity contribution in [2.24, 2.45) is 10.3 Å². The van der Waals surface area contributed by atoms with Gasteiger partial charge >= 0.3 is 0 Å². The Bertz CT molecular complexity index is 297. The van der Waals surface area contributed by atoms with Crippen molar-refractivity contribution in [3.05, 3.63) is 0 Å². The third-order valence-corrected chi connectivity index (χ3v) is 3.49. The first-order chi connectivity index (χ1) is 9.19. The monoisotopic (exact) mass is 290 g/mol. The minimum atomic E-state index is -0.717. The second kappa shape index (κ2) is 11.0. The smallest absolute Gasteiger partial charge is 0.159 e. The van der Waals surface area contributed by atoms with E-state index in [1.807, 2.05) is 20.4 Å². The van der Waals surface area contributed by atoms with Crippen LogP contribution < -0.4 is 0 Å². The molecule has 0 saturated carbocycles. The van der Waals surface area contributed by atoms with Gasteiger partial charge in [0.1, 0.15) is 12.2 Å². The third-order valence-electron chi connectivity index (χ3n) is 2.80. The van der Waals surface area contributed by atoms with E-state index in [0.717, 1.165) is 12.8 Å². The molecule has 0 aliphatic carbocycles. The van der Waals surface area contributed by atoms with Gasteiger partial charge in [-0.25, -0.2) is 0 Å². The molecule has 6 nitrogen and oxygen atoms in total. The lowest BCUT2D eigenvalue weighted by molar-refractivity contribution is 0.0732. The van der Waals surface area contributed by atoms with Gasteiger partial charge in [-0.2, -0.15) is 0 Å². The Morgan fingerprint density at radius 2 is 1.53 bits per heavy atom. The highest BCUT2D eigenvalue weighted by Crippen LogP contribution is 2.14. The summed E-state index contributed by atoms with van der Waals surface area (Å²) in [6.07, 6.45) is 1.96. The molecule has 0 aromatic carbocycles. The summed E-state index contributed by atoms with van der Waals surface area (Å²) in [5.41, 5.74) is 1.07. The summed E-state index contributed by atoms with van der Waals surface area (Å²) in [5.74, 6) is 0. The second-order valence-corrected chi connectivity index (χ2v) is 5.13. The molecule has 7 heteroatoms. The molecule has 0 heterocycles. The van der Waals surface area contributed by atoms with Crippen molar-refractivity contribution in [1.29, 1.82) is 0 Å². The van der Waals surface area contributed by atoms with Crippen LogP contribution in [0, 0.1) is 0 Å². The van der Waals surface area contributed by atoms with Crippen molar-refractivity contribution in [2.75, 3.05) is 7.11 Å². The van der Waals surface area contributed by atoms with Crippen molar-refractivity contribution in [3.8, 4) is 0 Å². The molecule has 0 saturated heterocycles. The number of rotatable bonds is 10. The van der Waals surface area contributed by atoms with E-state index in [-0.39, 0.29) is 0 Å². The van der Waals surface area contributed by atoms with Crippen LogP contribution in [0.15, 0.2) is 10.3 Å². The van der Waals surface area contributed by atoms with Crippen LogP contribution in [0.1, 0.15) is 39.5 Å². The first kappa shape index (κ1) is 18.1. The van der Waals surface area contributed by atoms with E-state index >= 15 is 0 Å². The lowest BCUT2D eigenvalue weighted by atomic mass is 9.98. The summed E-state index contributed by atoms with van der Waals surface area (Å²) in [6.45, 7) is 5.99.